The number of allylic oxidation sites excluding steroid dienone is 1. The number of aromatic nitrogens is 2. The lowest BCUT2D eigenvalue weighted by Crippen LogP contribution is -2.14. The van der Waals surface area contributed by atoms with E-state index in [0.29, 0.717) is 34.8 Å². The summed E-state index contributed by atoms with van der Waals surface area (Å²) >= 11 is 6.52. The molecule has 1 fully saturated rings. The van der Waals surface area contributed by atoms with Crippen LogP contribution in [0.4, 0.5) is 0 Å². The Kier molecular flexibility index (Phi) is 4.28. The second kappa shape index (κ2) is 6.35. The highest BCUT2D eigenvalue weighted by Crippen LogP contribution is 2.33. The Morgan fingerprint density at radius 2 is 2.04 bits per heavy atom. The third-order valence-electron chi connectivity index (χ3n) is 5.16. The monoisotopic (exact) mass is 390 g/mol. The van der Waals surface area contributed by atoms with E-state index in [0.717, 1.165) is 17.5 Å². The first-order valence-corrected chi connectivity index (χ1v) is 10.8. The van der Waals surface area contributed by atoms with Crippen molar-refractivity contribution in [1.29, 1.82) is 0 Å². The van der Waals surface area contributed by atoms with E-state index in [4.69, 9.17) is 11.6 Å². The fourth-order valence-corrected chi connectivity index (χ4v) is 5.79. The highest BCUT2D eigenvalue weighted by molar-refractivity contribution is 7.91. The molecule has 4 rings (SSSR count). The van der Waals surface area contributed by atoms with Gasteiger partial charge in [-0.15, -0.1) is 0 Å². The molecule has 5 nitrogen and oxygen atoms in total. The minimum absolute atomic E-state index is 0.0264. The number of benzene rings is 1. The molecule has 0 bridgehead atoms. The molecule has 7 heteroatoms. The zero-order chi connectivity index (χ0) is 18.5. The van der Waals surface area contributed by atoms with E-state index in [2.05, 4.69) is 5.10 Å². The average Bonchev–Trinajstić information content (AvgIpc) is 3.10. The number of hydrogen-bond acceptors (Lipinski definition) is 4. The molecule has 0 spiro atoms. The molecular weight excluding hydrogens is 372 g/mol. The van der Waals surface area contributed by atoms with Gasteiger partial charge in [-0.2, -0.15) is 5.10 Å². The van der Waals surface area contributed by atoms with Crippen molar-refractivity contribution in [3.8, 4) is 0 Å². The van der Waals surface area contributed by atoms with Gasteiger partial charge in [0.1, 0.15) is 5.15 Å². The zero-order valence-electron chi connectivity index (χ0n) is 14.4. The first-order valence-electron chi connectivity index (χ1n) is 8.64. The number of carbonyl (C=O) groups is 1. The van der Waals surface area contributed by atoms with Gasteiger partial charge in [0.2, 0.25) is 0 Å². The number of hydrogen-bond donors (Lipinski definition) is 0. The summed E-state index contributed by atoms with van der Waals surface area (Å²) in [5, 5.41) is 4.86. The molecule has 0 N–H and O–H groups in total. The van der Waals surface area contributed by atoms with Gasteiger partial charge in [-0.05, 0) is 37.8 Å². The topological polar surface area (TPSA) is 69.0 Å². The number of aryl methyl sites for hydroxylation is 2. The summed E-state index contributed by atoms with van der Waals surface area (Å²) in [4.78, 5) is 12.8. The van der Waals surface area contributed by atoms with Gasteiger partial charge >= 0.3 is 0 Å². The summed E-state index contributed by atoms with van der Waals surface area (Å²) < 4.78 is 25.1. The molecule has 2 aromatic rings. The predicted octanol–water partition coefficient (Wildman–Crippen LogP) is 3.42. The Labute approximate surface area is 157 Å². The molecule has 0 radical (unpaired) electrons. The van der Waals surface area contributed by atoms with Gasteiger partial charge in [0.05, 0.1) is 23.2 Å². The summed E-state index contributed by atoms with van der Waals surface area (Å²) in [6.07, 6.45) is 3.82. The van der Waals surface area contributed by atoms with Crippen molar-refractivity contribution >= 4 is 33.3 Å². The third kappa shape index (κ3) is 3.01. The van der Waals surface area contributed by atoms with Crippen LogP contribution in [0.3, 0.4) is 0 Å². The van der Waals surface area contributed by atoms with Crippen LogP contribution < -0.4 is 0 Å². The summed E-state index contributed by atoms with van der Waals surface area (Å²) in [6.45, 7) is 1.83. The Hall–Kier alpha value is -1.92. The fourth-order valence-electron chi connectivity index (χ4n) is 3.73. The van der Waals surface area contributed by atoms with Crippen LogP contribution in [0.25, 0.3) is 6.08 Å². The lowest BCUT2D eigenvalue weighted by atomic mass is 9.86. The molecular formula is C19H19ClN2O3S. The van der Waals surface area contributed by atoms with Crippen molar-refractivity contribution in [3.63, 3.8) is 0 Å². The van der Waals surface area contributed by atoms with Crippen LogP contribution in [0.1, 0.15) is 46.1 Å². The fraction of sp³-hybridized carbons (Fsp3) is 0.368. The van der Waals surface area contributed by atoms with Crippen LogP contribution in [-0.2, 0) is 16.3 Å². The molecule has 1 aromatic carbocycles. The Morgan fingerprint density at radius 1 is 1.27 bits per heavy atom. The van der Waals surface area contributed by atoms with Gasteiger partial charge in [-0.3, -0.25) is 4.79 Å². The number of nitrogens with zero attached hydrogens (tertiary/aromatic N) is 2. The predicted molar refractivity (Wildman–Crippen MR) is 101 cm³/mol. The van der Waals surface area contributed by atoms with E-state index < -0.39 is 9.84 Å². The molecule has 0 saturated carbocycles. The SMILES string of the molecule is Cc1nn(C2CCS(=O)(=O)C2)c(Cl)c1/C=C1\CCc2ccccc2C1=O. The molecule has 1 saturated heterocycles. The molecule has 1 unspecified atom stereocenters. The largest absolute Gasteiger partial charge is 0.289 e. The van der Waals surface area contributed by atoms with E-state index >= 15 is 0 Å². The van der Waals surface area contributed by atoms with Crippen LogP contribution in [0.2, 0.25) is 5.15 Å². The minimum Gasteiger partial charge on any atom is -0.289 e. The van der Waals surface area contributed by atoms with Crippen LogP contribution >= 0.6 is 11.6 Å². The van der Waals surface area contributed by atoms with E-state index in [1.54, 1.807) is 4.68 Å². The van der Waals surface area contributed by atoms with Gasteiger partial charge < -0.3 is 0 Å². The van der Waals surface area contributed by atoms with E-state index in [1.165, 1.54) is 0 Å². The van der Waals surface area contributed by atoms with Gasteiger partial charge in [0.25, 0.3) is 0 Å². The Bertz CT molecular complexity index is 1040. The highest BCUT2D eigenvalue weighted by atomic mass is 35.5. The smallest absolute Gasteiger partial charge is 0.189 e. The van der Waals surface area contributed by atoms with E-state index in [9.17, 15) is 13.2 Å². The molecule has 1 aliphatic carbocycles. The van der Waals surface area contributed by atoms with Gasteiger partial charge in [-0.25, -0.2) is 13.1 Å². The average molecular weight is 391 g/mol. The minimum atomic E-state index is -3.02. The summed E-state index contributed by atoms with van der Waals surface area (Å²) in [5.41, 5.74) is 3.95. The number of rotatable bonds is 2. The summed E-state index contributed by atoms with van der Waals surface area (Å²) in [6, 6.07) is 7.42. The maximum atomic E-state index is 12.8. The van der Waals surface area contributed by atoms with Crippen LogP contribution in [0, 0.1) is 6.92 Å². The molecule has 2 heterocycles. The second-order valence-corrected chi connectivity index (χ2v) is 9.53. The van der Waals surface area contributed by atoms with Crippen LogP contribution in [0.5, 0.6) is 0 Å². The standard InChI is InChI=1S/C19H19ClN2O3S/c1-12-17(19(20)22(21-12)15-8-9-26(24,25)11-15)10-14-7-6-13-4-2-3-5-16(13)18(14)23/h2-5,10,15H,6-9,11H2,1H3/b14-10+. The van der Waals surface area contributed by atoms with Crippen molar-refractivity contribution in [3.05, 3.63) is 57.4 Å². The third-order valence-corrected chi connectivity index (χ3v) is 7.29. The van der Waals surface area contributed by atoms with Crippen molar-refractivity contribution in [2.45, 2.75) is 32.2 Å². The molecule has 1 aromatic heterocycles. The van der Waals surface area contributed by atoms with Gasteiger partial charge in [0, 0.05) is 16.7 Å². The number of Topliss-reactive ketones (excluding diaryl/α,β-unsaturated/α-hetero) is 1. The first kappa shape index (κ1) is 17.5. The first-order chi connectivity index (χ1) is 12.4. The maximum Gasteiger partial charge on any atom is 0.189 e. The second-order valence-electron chi connectivity index (χ2n) is 6.95. The maximum absolute atomic E-state index is 12.8. The molecule has 26 heavy (non-hydrogen) atoms. The number of halogens is 1. The molecule has 0 amide bonds. The lowest BCUT2D eigenvalue weighted by molar-refractivity contribution is 0.102. The molecule has 1 atom stereocenters. The Morgan fingerprint density at radius 3 is 2.77 bits per heavy atom. The van der Waals surface area contributed by atoms with Crippen LogP contribution in [-0.4, -0.2) is 35.5 Å². The number of carbonyl (C=O) groups excluding carboxylic acids is 1. The van der Waals surface area contributed by atoms with Gasteiger partial charge in [-0.1, -0.05) is 35.9 Å². The number of ketones is 1. The van der Waals surface area contributed by atoms with E-state index in [-0.39, 0.29) is 23.3 Å². The molecule has 1 aliphatic heterocycles. The summed E-state index contributed by atoms with van der Waals surface area (Å²) in [5.74, 6) is 0.257. The Balaban J connectivity index is 1.69. The lowest BCUT2D eigenvalue weighted by Gasteiger charge is -2.17. The quantitative estimate of drug-likeness (QED) is 0.737. The van der Waals surface area contributed by atoms with Crippen molar-refractivity contribution in [2.75, 3.05) is 11.5 Å². The van der Waals surface area contributed by atoms with Crippen molar-refractivity contribution in [2.24, 2.45) is 0 Å². The molecule has 2 aliphatic rings. The number of fused-ring (bicyclic) bond motifs is 1. The normalized spacial score (nSPS) is 23.4. The summed E-state index contributed by atoms with van der Waals surface area (Å²) in [7, 11) is -3.02. The highest BCUT2D eigenvalue weighted by Gasteiger charge is 2.32. The van der Waals surface area contributed by atoms with Crippen molar-refractivity contribution < 1.29 is 13.2 Å². The number of sulfone groups is 1. The molecule has 136 valence electrons. The van der Waals surface area contributed by atoms with Crippen molar-refractivity contribution in [1.82, 2.24) is 9.78 Å². The van der Waals surface area contributed by atoms with E-state index in [1.807, 2.05) is 37.3 Å². The zero-order valence-corrected chi connectivity index (χ0v) is 16.0. The van der Waals surface area contributed by atoms with Gasteiger partial charge in [0.15, 0.2) is 15.6 Å². The van der Waals surface area contributed by atoms with Crippen LogP contribution in [0.15, 0.2) is 29.8 Å².